The van der Waals surface area contributed by atoms with Gasteiger partial charge >= 0.3 is 0 Å². The van der Waals surface area contributed by atoms with Crippen LogP contribution in [0.2, 0.25) is 0 Å². The standard InChI is InChI=1S/C14H17F2NO2/c15-14(16)4-2-13(18,3-5-14)11-8-10(17)7-9-1-6-19-12(9)11/h7-8,18H,1-6,17H2. The van der Waals surface area contributed by atoms with Gasteiger partial charge in [-0.05, 0) is 30.5 Å². The van der Waals surface area contributed by atoms with Crippen molar-refractivity contribution in [2.24, 2.45) is 0 Å². The Kier molecular flexibility index (Phi) is 2.71. The zero-order chi connectivity index (χ0) is 13.7. The quantitative estimate of drug-likeness (QED) is 0.770. The third-order valence-electron chi connectivity index (χ3n) is 4.12. The Bertz CT molecular complexity index is 506. The van der Waals surface area contributed by atoms with Crippen molar-refractivity contribution >= 4 is 5.69 Å². The van der Waals surface area contributed by atoms with Gasteiger partial charge in [-0.1, -0.05) is 0 Å². The number of anilines is 1. The van der Waals surface area contributed by atoms with Crippen molar-refractivity contribution in [1.29, 1.82) is 0 Å². The topological polar surface area (TPSA) is 55.5 Å². The summed E-state index contributed by atoms with van der Waals surface area (Å²) in [6.07, 6.45) is 0.234. The van der Waals surface area contributed by atoms with E-state index >= 15 is 0 Å². The molecule has 0 radical (unpaired) electrons. The van der Waals surface area contributed by atoms with Crippen LogP contribution in [0.1, 0.15) is 36.8 Å². The molecule has 1 saturated carbocycles. The van der Waals surface area contributed by atoms with Gasteiger partial charge in [0.25, 0.3) is 0 Å². The first-order valence-electron chi connectivity index (χ1n) is 6.56. The molecule has 1 aliphatic heterocycles. The Morgan fingerprint density at radius 1 is 1.16 bits per heavy atom. The minimum absolute atomic E-state index is 0.0409. The molecule has 0 bridgehead atoms. The highest BCUT2D eigenvalue weighted by molar-refractivity contribution is 5.56. The van der Waals surface area contributed by atoms with Crippen molar-refractivity contribution in [2.75, 3.05) is 12.3 Å². The van der Waals surface area contributed by atoms with Crippen LogP contribution in [0.5, 0.6) is 5.75 Å². The first-order valence-corrected chi connectivity index (χ1v) is 6.56. The molecular weight excluding hydrogens is 252 g/mol. The van der Waals surface area contributed by atoms with Crippen LogP contribution in [0.25, 0.3) is 0 Å². The van der Waals surface area contributed by atoms with Crippen molar-refractivity contribution in [3.8, 4) is 5.75 Å². The van der Waals surface area contributed by atoms with E-state index < -0.39 is 11.5 Å². The lowest BCUT2D eigenvalue weighted by atomic mass is 9.77. The monoisotopic (exact) mass is 269 g/mol. The molecule has 3 rings (SSSR count). The van der Waals surface area contributed by atoms with Crippen LogP contribution in [0.3, 0.4) is 0 Å². The van der Waals surface area contributed by atoms with Crippen LogP contribution in [0.15, 0.2) is 12.1 Å². The molecule has 1 aliphatic carbocycles. The van der Waals surface area contributed by atoms with Crippen molar-refractivity contribution in [2.45, 2.75) is 43.6 Å². The number of nitrogen functional groups attached to an aromatic ring is 1. The largest absolute Gasteiger partial charge is 0.493 e. The fourth-order valence-electron chi connectivity index (χ4n) is 2.98. The van der Waals surface area contributed by atoms with Crippen molar-refractivity contribution in [3.05, 3.63) is 23.3 Å². The third kappa shape index (κ3) is 2.16. The SMILES string of the molecule is Nc1cc2c(c(C3(O)CCC(F)(F)CC3)c1)OCC2. The number of aliphatic hydroxyl groups is 1. The number of halogens is 2. The van der Waals surface area contributed by atoms with Gasteiger partial charge in [-0.2, -0.15) is 0 Å². The maximum absolute atomic E-state index is 13.2. The lowest BCUT2D eigenvalue weighted by Gasteiger charge is -2.37. The number of fused-ring (bicyclic) bond motifs is 1. The first kappa shape index (κ1) is 12.7. The van der Waals surface area contributed by atoms with Crippen LogP contribution in [0, 0.1) is 0 Å². The summed E-state index contributed by atoms with van der Waals surface area (Å²) in [5.74, 6) is -2.03. The summed E-state index contributed by atoms with van der Waals surface area (Å²) in [5.41, 5.74) is 6.68. The molecule has 1 aromatic carbocycles. The number of benzene rings is 1. The van der Waals surface area contributed by atoms with E-state index in [-0.39, 0.29) is 25.7 Å². The molecule has 0 spiro atoms. The van der Waals surface area contributed by atoms with Crippen LogP contribution in [0.4, 0.5) is 14.5 Å². The minimum atomic E-state index is -2.67. The maximum atomic E-state index is 13.2. The smallest absolute Gasteiger partial charge is 0.248 e. The molecule has 0 atom stereocenters. The Labute approximate surface area is 110 Å². The summed E-state index contributed by atoms with van der Waals surface area (Å²) in [7, 11) is 0. The molecule has 5 heteroatoms. The molecule has 1 fully saturated rings. The minimum Gasteiger partial charge on any atom is -0.493 e. The fourth-order valence-corrected chi connectivity index (χ4v) is 2.98. The van der Waals surface area contributed by atoms with E-state index in [4.69, 9.17) is 10.5 Å². The van der Waals surface area contributed by atoms with Crippen LogP contribution >= 0.6 is 0 Å². The predicted octanol–water partition coefficient (Wildman–Crippen LogP) is 2.60. The van der Waals surface area contributed by atoms with E-state index in [1.54, 1.807) is 6.07 Å². The average molecular weight is 269 g/mol. The molecule has 104 valence electrons. The predicted molar refractivity (Wildman–Crippen MR) is 67.4 cm³/mol. The Morgan fingerprint density at radius 3 is 2.53 bits per heavy atom. The second kappa shape index (κ2) is 4.07. The lowest BCUT2D eigenvalue weighted by molar-refractivity contribution is -0.107. The maximum Gasteiger partial charge on any atom is 0.248 e. The highest BCUT2D eigenvalue weighted by Crippen LogP contribution is 2.48. The summed E-state index contributed by atoms with van der Waals surface area (Å²) in [5, 5.41) is 10.7. The molecular formula is C14H17F2NO2. The molecule has 3 nitrogen and oxygen atoms in total. The van der Waals surface area contributed by atoms with E-state index in [1.165, 1.54) is 0 Å². The number of hydrogen-bond donors (Lipinski definition) is 2. The van der Waals surface area contributed by atoms with Gasteiger partial charge < -0.3 is 15.6 Å². The van der Waals surface area contributed by atoms with Crippen LogP contribution in [-0.4, -0.2) is 17.6 Å². The molecule has 19 heavy (non-hydrogen) atoms. The van der Waals surface area contributed by atoms with E-state index in [0.717, 1.165) is 12.0 Å². The van der Waals surface area contributed by atoms with Crippen molar-refractivity contribution < 1.29 is 18.6 Å². The zero-order valence-corrected chi connectivity index (χ0v) is 10.6. The lowest BCUT2D eigenvalue weighted by Crippen LogP contribution is -2.36. The normalized spacial score (nSPS) is 23.7. The molecule has 1 heterocycles. The van der Waals surface area contributed by atoms with E-state index in [2.05, 4.69) is 0 Å². The summed E-state index contributed by atoms with van der Waals surface area (Å²) in [6.45, 7) is 0.554. The Hall–Kier alpha value is -1.36. The summed E-state index contributed by atoms with van der Waals surface area (Å²) in [6, 6.07) is 3.49. The van der Waals surface area contributed by atoms with Crippen molar-refractivity contribution in [3.63, 3.8) is 0 Å². The zero-order valence-electron chi connectivity index (χ0n) is 10.6. The Morgan fingerprint density at radius 2 is 1.84 bits per heavy atom. The van der Waals surface area contributed by atoms with E-state index in [1.807, 2.05) is 6.07 Å². The number of alkyl halides is 2. The molecule has 0 unspecified atom stereocenters. The third-order valence-corrected chi connectivity index (χ3v) is 4.12. The highest BCUT2D eigenvalue weighted by Gasteiger charge is 2.45. The molecule has 1 aromatic rings. The van der Waals surface area contributed by atoms with Crippen LogP contribution < -0.4 is 10.5 Å². The summed E-state index contributed by atoms with van der Waals surface area (Å²) in [4.78, 5) is 0. The summed E-state index contributed by atoms with van der Waals surface area (Å²) < 4.78 is 32.1. The second-order valence-electron chi connectivity index (χ2n) is 5.54. The van der Waals surface area contributed by atoms with Gasteiger partial charge in [-0.15, -0.1) is 0 Å². The van der Waals surface area contributed by atoms with Gasteiger partial charge in [0.2, 0.25) is 5.92 Å². The number of nitrogens with two attached hydrogens (primary N) is 1. The van der Waals surface area contributed by atoms with E-state index in [9.17, 15) is 13.9 Å². The molecule has 2 aliphatic rings. The molecule has 0 saturated heterocycles. The average Bonchev–Trinajstić information content (AvgIpc) is 2.80. The first-order chi connectivity index (χ1) is 8.90. The van der Waals surface area contributed by atoms with Gasteiger partial charge in [0.15, 0.2) is 0 Å². The van der Waals surface area contributed by atoms with E-state index in [0.29, 0.717) is 23.6 Å². The van der Waals surface area contributed by atoms with Crippen molar-refractivity contribution in [1.82, 2.24) is 0 Å². The van der Waals surface area contributed by atoms with Gasteiger partial charge in [-0.3, -0.25) is 0 Å². The Balaban J connectivity index is 1.98. The number of ether oxygens (including phenoxy) is 1. The van der Waals surface area contributed by atoms with Gasteiger partial charge in [0.1, 0.15) is 5.75 Å². The fraction of sp³-hybridized carbons (Fsp3) is 0.571. The summed E-state index contributed by atoms with van der Waals surface area (Å²) >= 11 is 0. The van der Waals surface area contributed by atoms with Gasteiger partial charge in [0, 0.05) is 30.5 Å². The second-order valence-corrected chi connectivity index (χ2v) is 5.54. The number of rotatable bonds is 1. The van der Waals surface area contributed by atoms with Gasteiger partial charge in [0.05, 0.1) is 12.2 Å². The van der Waals surface area contributed by atoms with Crippen LogP contribution in [-0.2, 0) is 12.0 Å². The molecule has 3 N–H and O–H groups in total. The molecule has 0 aromatic heterocycles. The van der Waals surface area contributed by atoms with Gasteiger partial charge in [-0.25, -0.2) is 8.78 Å². The number of hydrogen-bond acceptors (Lipinski definition) is 3. The molecule has 0 amide bonds. The highest BCUT2D eigenvalue weighted by atomic mass is 19.3.